The minimum atomic E-state index is -3.44. The molecule has 5 nitrogen and oxygen atoms in total. The average molecular weight is 395 g/mol. The summed E-state index contributed by atoms with van der Waals surface area (Å²) < 4.78 is 40.1. The van der Waals surface area contributed by atoms with E-state index >= 15 is 0 Å². The van der Waals surface area contributed by atoms with E-state index in [2.05, 4.69) is 6.07 Å². The van der Waals surface area contributed by atoms with Gasteiger partial charge in [0.05, 0.1) is 15.9 Å². The predicted molar refractivity (Wildman–Crippen MR) is 105 cm³/mol. The van der Waals surface area contributed by atoms with Crippen LogP contribution < -0.4 is 5.73 Å². The van der Waals surface area contributed by atoms with Crippen molar-refractivity contribution < 1.29 is 17.6 Å². The SMILES string of the molecule is CS(=O)(=O)c1ccccc1Cn1c2cc(F)c[c]c2c2c(C(N)=O)cccc21. The topological polar surface area (TPSA) is 82.2 Å². The monoisotopic (exact) mass is 395 g/mol. The molecule has 0 bridgehead atoms. The number of amides is 1. The Hall–Kier alpha value is -3.19. The van der Waals surface area contributed by atoms with Gasteiger partial charge < -0.3 is 10.3 Å². The highest BCUT2D eigenvalue weighted by Crippen LogP contribution is 2.33. The Balaban J connectivity index is 2.06. The molecule has 1 radical (unpaired) electrons. The number of benzene rings is 3. The maximum atomic E-state index is 14.0. The van der Waals surface area contributed by atoms with E-state index in [-0.39, 0.29) is 11.4 Å². The first-order valence-corrected chi connectivity index (χ1v) is 10.4. The molecule has 0 unspecified atom stereocenters. The first-order chi connectivity index (χ1) is 13.3. The zero-order chi connectivity index (χ0) is 20.1. The van der Waals surface area contributed by atoms with E-state index in [0.717, 1.165) is 6.26 Å². The maximum Gasteiger partial charge on any atom is 0.249 e. The van der Waals surface area contributed by atoms with E-state index in [1.165, 1.54) is 12.1 Å². The molecule has 0 spiro atoms. The molecular weight excluding hydrogens is 379 g/mol. The molecule has 0 fully saturated rings. The van der Waals surface area contributed by atoms with Crippen LogP contribution in [0.2, 0.25) is 0 Å². The van der Waals surface area contributed by atoms with Crippen molar-refractivity contribution in [1.29, 1.82) is 0 Å². The van der Waals surface area contributed by atoms with Gasteiger partial charge in [-0.05, 0) is 42.0 Å². The van der Waals surface area contributed by atoms with Gasteiger partial charge in [-0.15, -0.1) is 0 Å². The summed E-state index contributed by atoms with van der Waals surface area (Å²) in [7, 11) is -3.44. The number of nitrogens with zero attached hydrogens (tertiary/aromatic N) is 1. The molecule has 2 N–H and O–H groups in total. The molecular formula is C21H16FN2O3S. The molecule has 28 heavy (non-hydrogen) atoms. The Morgan fingerprint density at radius 2 is 1.89 bits per heavy atom. The van der Waals surface area contributed by atoms with Crippen molar-refractivity contribution in [2.45, 2.75) is 11.4 Å². The number of primary amides is 1. The van der Waals surface area contributed by atoms with Crippen molar-refractivity contribution in [1.82, 2.24) is 4.57 Å². The molecule has 0 aliphatic carbocycles. The molecule has 0 aliphatic rings. The smallest absolute Gasteiger partial charge is 0.249 e. The number of hydrogen-bond acceptors (Lipinski definition) is 3. The van der Waals surface area contributed by atoms with Gasteiger partial charge in [-0.2, -0.15) is 0 Å². The number of carbonyl (C=O) groups excluding carboxylic acids is 1. The lowest BCUT2D eigenvalue weighted by atomic mass is 10.1. The summed E-state index contributed by atoms with van der Waals surface area (Å²) in [5, 5.41) is 1.13. The summed E-state index contributed by atoms with van der Waals surface area (Å²) in [5.74, 6) is -1.08. The Kier molecular flexibility index (Phi) is 4.19. The standard InChI is InChI=1S/C21H16FN2O3S/c1-28(26,27)19-8-3-2-5-13(19)12-24-17-7-4-6-16(21(23)25)20(17)15-10-9-14(22)11-18(15)24/h2-9,11H,12H2,1H3,(H2,23,25). The molecule has 0 aliphatic heterocycles. The number of rotatable bonds is 4. The third kappa shape index (κ3) is 2.93. The summed E-state index contributed by atoms with van der Waals surface area (Å²) in [6, 6.07) is 17.2. The molecule has 0 saturated carbocycles. The number of hydrogen-bond donors (Lipinski definition) is 1. The highest BCUT2D eigenvalue weighted by molar-refractivity contribution is 7.90. The van der Waals surface area contributed by atoms with Crippen LogP contribution in [0.15, 0.2) is 59.5 Å². The van der Waals surface area contributed by atoms with Gasteiger partial charge in [-0.1, -0.05) is 24.3 Å². The van der Waals surface area contributed by atoms with Crippen LogP contribution in [0.4, 0.5) is 4.39 Å². The van der Waals surface area contributed by atoms with Crippen LogP contribution in [0.5, 0.6) is 0 Å². The largest absolute Gasteiger partial charge is 0.366 e. The second kappa shape index (κ2) is 6.45. The van der Waals surface area contributed by atoms with E-state index in [0.29, 0.717) is 32.9 Å². The molecule has 4 aromatic rings. The number of sulfone groups is 1. The lowest BCUT2D eigenvalue weighted by Crippen LogP contribution is -2.11. The third-order valence-corrected chi connectivity index (χ3v) is 5.92. The van der Waals surface area contributed by atoms with Crippen LogP contribution in [0.3, 0.4) is 0 Å². The molecule has 3 aromatic carbocycles. The highest BCUT2D eigenvalue weighted by atomic mass is 32.2. The van der Waals surface area contributed by atoms with Crippen molar-refractivity contribution in [3.63, 3.8) is 0 Å². The number of carbonyl (C=O) groups is 1. The van der Waals surface area contributed by atoms with Crippen molar-refractivity contribution >= 4 is 37.6 Å². The molecule has 0 atom stereocenters. The molecule has 4 rings (SSSR count). The van der Waals surface area contributed by atoms with Gasteiger partial charge in [0, 0.05) is 29.1 Å². The van der Waals surface area contributed by atoms with Gasteiger partial charge in [0.2, 0.25) is 5.91 Å². The van der Waals surface area contributed by atoms with Gasteiger partial charge in [-0.25, -0.2) is 12.8 Å². The van der Waals surface area contributed by atoms with E-state index in [9.17, 15) is 17.6 Å². The average Bonchev–Trinajstić information content (AvgIpc) is 2.94. The molecule has 0 saturated heterocycles. The number of fused-ring (bicyclic) bond motifs is 3. The Labute approximate surface area is 161 Å². The van der Waals surface area contributed by atoms with Crippen LogP contribution in [0, 0.1) is 11.9 Å². The molecule has 1 amide bonds. The fourth-order valence-electron chi connectivity index (χ4n) is 3.57. The quantitative estimate of drug-likeness (QED) is 0.576. The van der Waals surface area contributed by atoms with Crippen LogP contribution in [0.1, 0.15) is 15.9 Å². The van der Waals surface area contributed by atoms with Gasteiger partial charge in [-0.3, -0.25) is 4.79 Å². The summed E-state index contributed by atoms with van der Waals surface area (Å²) >= 11 is 0. The minimum Gasteiger partial charge on any atom is -0.366 e. The third-order valence-electron chi connectivity index (χ3n) is 4.73. The lowest BCUT2D eigenvalue weighted by molar-refractivity contribution is 0.100. The zero-order valence-electron chi connectivity index (χ0n) is 14.9. The van der Waals surface area contributed by atoms with Gasteiger partial charge >= 0.3 is 0 Å². The van der Waals surface area contributed by atoms with Crippen LogP contribution in [-0.2, 0) is 16.4 Å². The van der Waals surface area contributed by atoms with Crippen molar-refractivity contribution in [3.05, 3.63) is 77.6 Å². The van der Waals surface area contributed by atoms with Crippen LogP contribution in [0.25, 0.3) is 21.8 Å². The van der Waals surface area contributed by atoms with Gasteiger partial charge in [0.25, 0.3) is 0 Å². The number of aromatic nitrogens is 1. The van der Waals surface area contributed by atoms with Crippen LogP contribution in [-0.4, -0.2) is 25.1 Å². The molecule has 141 valence electrons. The lowest BCUT2D eigenvalue weighted by Gasteiger charge is -2.11. The number of halogens is 1. The molecule has 1 aromatic heterocycles. The predicted octanol–water partition coefficient (Wildman–Crippen LogP) is 3.28. The Bertz CT molecular complexity index is 1360. The Morgan fingerprint density at radius 3 is 2.61 bits per heavy atom. The van der Waals surface area contributed by atoms with Crippen molar-refractivity contribution in [2.75, 3.05) is 6.26 Å². The fraction of sp³-hybridized carbons (Fsp3) is 0.0952. The van der Waals surface area contributed by atoms with E-state index in [1.807, 2.05) is 0 Å². The van der Waals surface area contributed by atoms with E-state index < -0.39 is 21.6 Å². The first kappa shape index (κ1) is 18.2. The highest BCUT2D eigenvalue weighted by Gasteiger charge is 2.19. The summed E-state index contributed by atoms with van der Waals surface area (Å²) in [5.41, 5.74) is 7.56. The maximum absolute atomic E-state index is 14.0. The zero-order valence-corrected chi connectivity index (χ0v) is 15.8. The normalized spacial score (nSPS) is 11.9. The summed E-state index contributed by atoms with van der Waals surface area (Å²) in [6.07, 6.45) is 1.15. The minimum absolute atomic E-state index is 0.183. The summed E-state index contributed by atoms with van der Waals surface area (Å²) in [6.45, 7) is 0.183. The Morgan fingerprint density at radius 1 is 1.14 bits per heavy atom. The molecule has 7 heteroatoms. The second-order valence-corrected chi connectivity index (χ2v) is 8.59. The van der Waals surface area contributed by atoms with Crippen molar-refractivity contribution in [2.24, 2.45) is 5.73 Å². The van der Waals surface area contributed by atoms with Crippen LogP contribution >= 0.6 is 0 Å². The van der Waals surface area contributed by atoms with E-state index in [4.69, 9.17) is 5.73 Å². The summed E-state index contributed by atoms with van der Waals surface area (Å²) in [4.78, 5) is 12.1. The number of nitrogens with two attached hydrogens (primary N) is 1. The first-order valence-electron chi connectivity index (χ1n) is 8.47. The van der Waals surface area contributed by atoms with E-state index in [1.54, 1.807) is 47.0 Å². The van der Waals surface area contributed by atoms with Gasteiger partial charge in [0.15, 0.2) is 9.84 Å². The van der Waals surface area contributed by atoms with Gasteiger partial charge in [0.1, 0.15) is 5.82 Å². The molecule has 1 heterocycles. The second-order valence-electron chi connectivity index (χ2n) is 6.61. The fourth-order valence-corrected chi connectivity index (χ4v) is 4.51. The van der Waals surface area contributed by atoms with Crippen molar-refractivity contribution in [3.8, 4) is 0 Å².